The maximum absolute atomic E-state index is 15.5. The molecule has 53 heavy (non-hydrogen) atoms. The first-order chi connectivity index (χ1) is 24.3. The summed E-state index contributed by atoms with van der Waals surface area (Å²) in [6.45, 7) is 4.05. The summed E-state index contributed by atoms with van der Waals surface area (Å²) in [5.41, 5.74) is -2.42. The molecule has 0 fully saturated rings. The Labute approximate surface area is 307 Å². The molecule has 1 unspecified atom stereocenters. The minimum absolute atomic E-state index is 0. The van der Waals surface area contributed by atoms with Crippen LogP contribution in [-0.2, 0) is 30.2 Å². The number of carbonyl (C=O) groups excluding carboxylic acids is 1. The van der Waals surface area contributed by atoms with Gasteiger partial charge in [-0.2, -0.15) is 0 Å². The molecular formula is C32H33ClF2N6O10S2. The number of nitrogens with one attached hydrogen (secondary N) is 1. The molecule has 0 saturated carbocycles. The van der Waals surface area contributed by atoms with Gasteiger partial charge in [-0.25, -0.2) is 36.2 Å². The fourth-order valence-corrected chi connectivity index (χ4v) is 7.74. The molecule has 284 valence electrons. The van der Waals surface area contributed by atoms with Crippen molar-refractivity contribution in [2.24, 2.45) is 4.36 Å². The van der Waals surface area contributed by atoms with Gasteiger partial charge in [0.05, 0.1) is 45.0 Å². The Bertz CT molecular complexity index is 2270. The smallest absolute Gasteiger partial charge is 0.442 e. The van der Waals surface area contributed by atoms with Crippen molar-refractivity contribution in [2.45, 2.75) is 43.4 Å². The predicted molar refractivity (Wildman–Crippen MR) is 189 cm³/mol. The second-order valence-corrected chi connectivity index (χ2v) is 16.7. The number of sulfonamides is 1. The Morgan fingerprint density at radius 2 is 1.77 bits per heavy atom. The normalized spacial score (nSPS) is 12.5. The molecule has 0 aliphatic rings. The summed E-state index contributed by atoms with van der Waals surface area (Å²) in [6.07, 6.45) is 0.764. The Hall–Kier alpha value is -5.18. The van der Waals surface area contributed by atoms with Gasteiger partial charge in [0.2, 0.25) is 5.28 Å². The van der Waals surface area contributed by atoms with Gasteiger partial charge in [-0.3, -0.25) is 14.4 Å². The average molecular weight is 799 g/mol. The second-order valence-electron chi connectivity index (χ2n) is 12.1. The van der Waals surface area contributed by atoms with Crippen LogP contribution in [0.15, 0.2) is 76.1 Å². The number of hydrogen-bond acceptors (Lipinski definition) is 12. The maximum atomic E-state index is 15.5. The van der Waals surface area contributed by atoms with Crippen LogP contribution in [0.3, 0.4) is 0 Å². The molecule has 0 aliphatic heterocycles. The van der Waals surface area contributed by atoms with E-state index in [0.29, 0.717) is 4.31 Å². The van der Waals surface area contributed by atoms with E-state index in [0.717, 1.165) is 42.6 Å². The van der Waals surface area contributed by atoms with Gasteiger partial charge in [0.1, 0.15) is 22.9 Å². The zero-order valence-corrected chi connectivity index (χ0v) is 30.9. The van der Waals surface area contributed by atoms with Crippen molar-refractivity contribution in [1.29, 1.82) is 0 Å². The van der Waals surface area contributed by atoms with Crippen molar-refractivity contribution in [1.82, 2.24) is 9.97 Å². The summed E-state index contributed by atoms with van der Waals surface area (Å²) < 4.78 is 86.4. The van der Waals surface area contributed by atoms with Gasteiger partial charge < -0.3 is 14.9 Å². The van der Waals surface area contributed by atoms with E-state index in [4.69, 9.17) is 21.1 Å². The van der Waals surface area contributed by atoms with Crippen LogP contribution in [0.25, 0.3) is 11.3 Å². The third kappa shape index (κ3) is 11.2. The first-order valence-corrected chi connectivity index (χ1v) is 19.0. The fourth-order valence-electron chi connectivity index (χ4n) is 4.76. The number of nitro groups is 1. The number of benzene rings is 3. The fraction of sp³-hybridized carbons (Fsp3) is 0.281. The number of nitroso groups, excluding NO2 is 1. The second kappa shape index (κ2) is 17.1. The number of non-ortho nitro benzene ring substituents is 1. The van der Waals surface area contributed by atoms with Crippen LogP contribution in [0.1, 0.15) is 32.8 Å². The van der Waals surface area contributed by atoms with Gasteiger partial charge >= 0.3 is 6.09 Å². The summed E-state index contributed by atoms with van der Waals surface area (Å²) in [6, 6.07) is 11.8. The van der Waals surface area contributed by atoms with E-state index >= 15 is 4.39 Å². The van der Waals surface area contributed by atoms with Crippen molar-refractivity contribution in [2.75, 3.05) is 23.7 Å². The van der Waals surface area contributed by atoms with Gasteiger partial charge in [-0.15, -0.1) is 4.36 Å². The molecule has 4 aromatic rings. The molecule has 0 spiro atoms. The van der Waals surface area contributed by atoms with Crippen LogP contribution < -0.4 is 14.2 Å². The van der Waals surface area contributed by atoms with Crippen LogP contribution in [-0.4, -0.2) is 64.1 Å². The Balaban J connectivity index is 0.00000756. The van der Waals surface area contributed by atoms with Crippen LogP contribution >= 0.6 is 11.6 Å². The summed E-state index contributed by atoms with van der Waals surface area (Å²) in [5, 5.41) is 12.9. The molecule has 1 aromatic heterocycles. The van der Waals surface area contributed by atoms with E-state index < -0.39 is 70.8 Å². The molecule has 1 atom stereocenters. The minimum Gasteiger partial charge on any atom is -0.870 e. The SMILES string of the molecule is CC(C)(C)OC(=O)N=S(C)(=O)Cc1cc(OCCCN(c2cc(-c3nc(Cl)ncc3F)ccc2F)S(=O)(=O)c2ccccc2[NH+]=O)cc([N+](=O)[O-])c1.[OH-]. The number of nitrogens with zero attached hydrogens (tertiary/aromatic N) is 5. The lowest BCUT2D eigenvalue weighted by molar-refractivity contribution is -0.385. The molecule has 1 amide bonds. The topological polar surface area (TPSA) is 232 Å². The molecule has 16 nitrogen and oxygen atoms in total. The summed E-state index contributed by atoms with van der Waals surface area (Å²) in [4.78, 5) is 41.7. The molecular weight excluding hydrogens is 766 g/mol. The number of hydrogen-bond donors (Lipinski definition) is 1. The largest absolute Gasteiger partial charge is 0.870 e. The quantitative estimate of drug-likeness (QED) is 0.0767. The number of halogens is 3. The van der Waals surface area contributed by atoms with Crippen molar-refractivity contribution in [3.05, 3.63) is 104 Å². The summed E-state index contributed by atoms with van der Waals surface area (Å²) in [7, 11) is -7.96. The lowest BCUT2D eigenvalue weighted by atomic mass is 10.1. The molecule has 0 saturated heterocycles. The van der Waals surface area contributed by atoms with Crippen molar-refractivity contribution in [3.8, 4) is 17.0 Å². The molecule has 0 bridgehead atoms. The average Bonchev–Trinajstić information content (AvgIpc) is 3.04. The Kier molecular flexibility index (Phi) is 13.6. The number of rotatable bonds is 13. The van der Waals surface area contributed by atoms with E-state index in [-0.39, 0.29) is 57.8 Å². The number of nitro benzene ring substituents is 1. The molecule has 3 aromatic carbocycles. The zero-order chi connectivity index (χ0) is 38.4. The Morgan fingerprint density at radius 1 is 1.08 bits per heavy atom. The van der Waals surface area contributed by atoms with Gasteiger partial charge in [-0.1, -0.05) is 12.1 Å². The van der Waals surface area contributed by atoms with Gasteiger partial charge in [-0.05, 0) is 68.3 Å². The van der Waals surface area contributed by atoms with E-state index in [1.54, 1.807) is 25.9 Å². The molecule has 21 heteroatoms. The van der Waals surface area contributed by atoms with Crippen LogP contribution in [0.2, 0.25) is 5.28 Å². The van der Waals surface area contributed by atoms with E-state index in [9.17, 15) is 36.8 Å². The molecule has 2 N–H and O–H groups in total. The van der Waals surface area contributed by atoms with Crippen molar-refractivity contribution < 1.29 is 51.3 Å². The highest BCUT2D eigenvalue weighted by atomic mass is 35.5. The minimum atomic E-state index is -4.70. The third-order valence-electron chi connectivity index (χ3n) is 6.80. The predicted octanol–water partition coefficient (Wildman–Crippen LogP) is 5.48. The van der Waals surface area contributed by atoms with E-state index in [1.165, 1.54) is 30.5 Å². The van der Waals surface area contributed by atoms with Crippen LogP contribution in [0.5, 0.6) is 5.75 Å². The maximum Gasteiger partial charge on any atom is 0.442 e. The van der Waals surface area contributed by atoms with Gasteiger partial charge in [0.25, 0.3) is 21.4 Å². The summed E-state index contributed by atoms with van der Waals surface area (Å²) in [5.74, 6) is -2.38. The first kappa shape index (κ1) is 42.2. The molecule has 1 heterocycles. The van der Waals surface area contributed by atoms with Crippen molar-refractivity contribution in [3.63, 3.8) is 0 Å². The Morgan fingerprint density at radius 3 is 2.43 bits per heavy atom. The van der Waals surface area contributed by atoms with E-state index in [1.807, 2.05) is 0 Å². The van der Waals surface area contributed by atoms with Crippen LogP contribution in [0, 0.1) is 26.7 Å². The zero-order valence-electron chi connectivity index (χ0n) is 28.5. The number of para-hydroxylation sites is 1. The van der Waals surface area contributed by atoms with Crippen molar-refractivity contribution >= 4 is 54.5 Å². The van der Waals surface area contributed by atoms with Gasteiger partial charge in [0.15, 0.2) is 10.7 Å². The lowest BCUT2D eigenvalue weighted by Gasteiger charge is -2.25. The number of ether oxygens (including phenoxy) is 2. The first-order valence-electron chi connectivity index (χ1n) is 15.1. The number of anilines is 1. The summed E-state index contributed by atoms with van der Waals surface area (Å²) >= 11 is 5.84. The molecule has 4 rings (SSSR count). The van der Waals surface area contributed by atoms with E-state index in [2.05, 4.69) is 14.3 Å². The lowest BCUT2D eigenvalue weighted by Crippen LogP contribution is -2.57. The number of amides is 1. The molecule has 0 aliphatic carbocycles. The van der Waals surface area contributed by atoms with Gasteiger partial charge in [0, 0.05) is 47.0 Å². The highest BCUT2D eigenvalue weighted by molar-refractivity contribution is 7.93. The van der Waals surface area contributed by atoms with Crippen LogP contribution in [0.4, 0.5) is 30.6 Å². The third-order valence-corrected chi connectivity index (χ3v) is 10.3. The monoisotopic (exact) mass is 798 g/mol. The highest BCUT2D eigenvalue weighted by Crippen LogP contribution is 2.33. The number of aromatic nitrogens is 2. The molecule has 0 radical (unpaired) electrons. The highest BCUT2D eigenvalue weighted by Gasteiger charge is 2.32. The standard InChI is InChI=1S/C32H31ClF2N6O9S2.H2O/c1-32(2,3)50-31(42)39-51(4,46)19-20-14-22(41(44)45)17-23(15-20)49-13-7-12-40(52(47,48)28-9-6-5-8-26(28)38-43)27-16-21(10-11-24(27)34)29-25(35)18-36-30(33)37-29;/h5-6,8-11,14-18H,7,12-13,19H2,1-4H3;1H2. The number of carbonyl (C=O) groups is 1.